The summed E-state index contributed by atoms with van der Waals surface area (Å²) < 4.78 is 95.2. The van der Waals surface area contributed by atoms with Crippen LogP contribution in [0.3, 0.4) is 0 Å². The standard InChI is InChI=1S/C28H33N7O10S3/c1-19-23(18-29)25(31-11-14-46(37,38)15-12-36)17-26(30-10-3-13-45-2)28(19)35-34-24-9-6-21(16-27(24)48(42,43)44)33-32-20-4-7-22(8-5-20)47(39,40)41/h4-9,16-17,30-31,36H,3,10-15H2,1-2H3,(H,39,40,41)(H,42,43,44). The number of azo groups is 2. The first-order chi connectivity index (χ1) is 22.6. The van der Waals surface area contributed by atoms with E-state index in [0.29, 0.717) is 36.5 Å². The smallest absolute Gasteiger partial charge is 0.296 e. The number of nitrogens with one attached hydrogen (secondary N) is 2. The highest BCUT2D eigenvalue weighted by molar-refractivity contribution is 7.91. The van der Waals surface area contributed by atoms with Crippen molar-refractivity contribution in [2.75, 3.05) is 55.6 Å². The molecule has 0 aliphatic carbocycles. The van der Waals surface area contributed by atoms with E-state index >= 15 is 0 Å². The second kappa shape index (κ2) is 16.6. The molecule has 3 aromatic rings. The normalized spacial score (nSPS) is 12.4. The molecule has 0 aliphatic rings. The zero-order valence-electron chi connectivity index (χ0n) is 25.7. The summed E-state index contributed by atoms with van der Waals surface area (Å²) in [5.74, 6) is -0.683. The lowest BCUT2D eigenvalue weighted by atomic mass is 10.0. The number of aliphatic hydroxyl groups is 1. The molecule has 0 aliphatic heterocycles. The quantitative estimate of drug-likeness (QED) is 0.0732. The van der Waals surface area contributed by atoms with E-state index in [1.165, 1.54) is 24.3 Å². The van der Waals surface area contributed by atoms with Crippen LogP contribution in [0.1, 0.15) is 17.5 Å². The molecule has 0 atom stereocenters. The average Bonchev–Trinajstić information content (AvgIpc) is 3.01. The van der Waals surface area contributed by atoms with E-state index in [1.807, 2.05) is 0 Å². The van der Waals surface area contributed by atoms with Crippen LogP contribution in [0.5, 0.6) is 0 Å². The van der Waals surface area contributed by atoms with Gasteiger partial charge in [-0.1, -0.05) is 0 Å². The monoisotopic (exact) mass is 723 g/mol. The maximum atomic E-state index is 12.3. The van der Waals surface area contributed by atoms with Crippen molar-refractivity contribution in [1.82, 2.24) is 0 Å². The number of methoxy groups -OCH3 is 1. The molecule has 48 heavy (non-hydrogen) atoms. The van der Waals surface area contributed by atoms with Crippen molar-refractivity contribution in [1.29, 1.82) is 5.26 Å². The third-order valence-corrected chi connectivity index (χ3v) is 9.90. The lowest BCUT2D eigenvalue weighted by Crippen LogP contribution is -2.20. The Kier molecular flexibility index (Phi) is 13.2. The van der Waals surface area contributed by atoms with Crippen LogP contribution in [0, 0.1) is 18.3 Å². The van der Waals surface area contributed by atoms with Crippen LogP contribution in [0.25, 0.3) is 0 Å². The first kappa shape index (κ1) is 38.1. The number of ether oxygens (including phenoxy) is 1. The van der Waals surface area contributed by atoms with Crippen LogP contribution >= 0.6 is 0 Å². The van der Waals surface area contributed by atoms with Crippen LogP contribution in [0.15, 0.2) is 78.8 Å². The number of rotatable bonds is 17. The van der Waals surface area contributed by atoms with Gasteiger partial charge < -0.3 is 20.5 Å². The van der Waals surface area contributed by atoms with E-state index in [4.69, 9.17) is 14.4 Å². The maximum absolute atomic E-state index is 12.3. The molecule has 3 rings (SSSR count). The lowest BCUT2D eigenvalue weighted by Gasteiger charge is -2.17. The zero-order valence-corrected chi connectivity index (χ0v) is 28.2. The molecule has 20 heteroatoms. The highest BCUT2D eigenvalue weighted by Gasteiger charge is 2.20. The number of benzene rings is 3. The van der Waals surface area contributed by atoms with Crippen molar-refractivity contribution in [2.45, 2.75) is 23.1 Å². The highest BCUT2D eigenvalue weighted by atomic mass is 32.2. The molecule has 0 unspecified atom stereocenters. The van der Waals surface area contributed by atoms with E-state index in [-0.39, 0.29) is 45.5 Å². The van der Waals surface area contributed by atoms with E-state index in [1.54, 1.807) is 20.1 Å². The fourth-order valence-electron chi connectivity index (χ4n) is 4.13. The van der Waals surface area contributed by atoms with Crippen molar-refractivity contribution in [3.05, 3.63) is 59.7 Å². The molecule has 17 nitrogen and oxygen atoms in total. The van der Waals surface area contributed by atoms with Crippen molar-refractivity contribution in [3.63, 3.8) is 0 Å². The molecule has 0 saturated heterocycles. The number of hydrogen-bond donors (Lipinski definition) is 5. The third-order valence-electron chi connectivity index (χ3n) is 6.52. The van der Waals surface area contributed by atoms with Crippen molar-refractivity contribution < 1.29 is 44.2 Å². The summed E-state index contributed by atoms with van der Waals surface area (Å²) in [6.45, 7) is 1.86. The molecule has 0 heterocycles. The second-order valence-corrected chi connectivity index (χ2v) is 15.1. The summed E-state index contributed by atoms with van der Waals surface area (Å²) in [5.41, 5.74) is 1.21. The first-order valence-electron chi connectivity index (χ1n) is 14.0. The molecule has 0 spiro atoms. The summed E-state index contributed by atoms with van der Waals surface area (Å²) in [7, 11) is -11.2. The van der Waals surface area contributed by atoms with E-state index in [9.17, 15) is 35.1 Å². The van der Waals surface area contributed by atoms with Crippen LogP contribution in [0.2, 0.25) is 0 Å². The Hall–Kier alpha value is -4.36. The molecule has 5 N–H and O–H groups in total. The number of nitrogens with zero attached hydrogens (tertiary/aromatic N) is 5. The second-order valence-electron chi connectivity index (χ2n) is 10.0. The van der Waals surface area contributed by atoms with Gasteiger partial charge >= 0.3 is 0 Å². The van der Waals surface area contributed by atoms with E-state index in [0.717, 1.165) is 18.2 Å². The summed E-state index contributed by atoms with van der Waals surface area (Å²) >= 11 is 0. The Labute approximate surface area is 277 Å². The Bertz CT molecular complexity index is 2050. The number of anilines is 2. The van der Waals surface area contributed by atoms with Gasteiger partial charge in [0.05, 0.1) is 51.3 Å². The number of nitriles is 1. The van der Waals surface area contributed by atoms with Gasteiger partial charge in [-0.3, -0.25) is 9.11 Å². The van der Waals surface area contributed by atoms with Crippen LogP contribution in [-0.2, 0) is 34.8 Å². The Morgan fingerprint density at radius 2 is 1.46 bits per heavy atom. The summed E-state index contributed by atoms with van der Waals surface area (Å²) in [6, 6.07) is 11.9. The molecule has 0 amide bonds. The number of hydrogen-bond acceptors (Lipinski definition) is 15. The Morgan fingerprint density at radius 3 is 2.06 bits per heavy atom. The molecular weight excluding hydrogens is 691 g/mol. The van der Waals surface area contributed by atoms with Gasteiger partial charge in [-0.05, 0) is 67.4 Å². The van der Waals surface area contributed by atoms with E-state index < -0.39 is 47.3 Å². The minimum absolute atomic E-state index is 0.0136. The Morgan fingerprint density at radius 1 is 0.812 bits per heavy atom. The predicted octanol–water partition coefficient (Wildman–Crippen LogP) is 4.46. The van der Waals surface area contributed by atoms with Crippen LogP contribution in [-0.4, -0.2) is 84.4 Å². The van der Waals surface area contributed by atoms with Gasteiger partial charge in [0, 0.05) is 26.8 Å². The lowest BCUT2D eigenvalue weighted by molar-refractivity contribution is 0.198. The SMILES string of the molecule is COCCCNc1cc(NCCS(=O)(=O)CCO)c(C#N)c(C)c1N=Nc1ccc(N=Nc2ccc(S(=O)(=O)O)cc2)cc1S(=O)(=O)O. The molecule has 258 valence electrons. The number of sulfone groups is 1. The molecule has 0 fully saturated rings. The van der Waals surface area contributed by atoms with Crippen LogP contribution in [0.4, 0.5) is 34.1 Å². The number of aliphatic hydroxyl groups excluding tert-OH is 1. The van der Waals surface area contributed by atoms with Gasteiger partial charge in [0.15, 0.2) is 9.84 Å². The predicted molar refractivity (Wildman–Crippen MR) is 176 cm³/mol. The topological polar surface area (TPSA) is 270 Å². The molecule has 0 bridgehead atoms. The molecule has 0 saturated carbocycles. The van der Waals surface area contributed by atoms with Crippen molar-refractivity contribution in [3.8, 4) is 6.07 Å². The van der Waals surface area contributed by atoms with Gasteiger partial charge in [-0.2, -0.15) is 32.3 Å². The fourth-order valence-corrected chi connectivity index (χ4v) is 6.15. The maximum Gasteiger partial charge on any atom is 0.296 e. The summed E-state index contributed by atoms with van der Waals surface area (Å²) in [4.78, 5) is -1.01. The third kappa shape index (κ3) is 10.8. The molecule has 3 aromatic carbocycles. The van der Waals surface area contributed by atoms with Gasteiger partial charge in [-0.25, -0.2) is 8.42 Å². The van der Waals surface area contributed by atoms with Crippen LogP contribution < -0.4 is 10.6 Å². The van der Waals surface area contributed by atoms with Gasteiger partial charge in [0.25, 0.3) is 20.2 Å². The zero-order chi connectivity index (χ0) is 35.5. The van der Waals surface area contributed by atoms with Crippen molar-refractivity contribution in [2.24, 2.45) is 20.5 Å². The minimum Gasteiger partial charge on any atom is -0.395 e. The molecular formula is C28H33N7O10S3. The Balaban J connectivity index is 2.00. The molecule has 0 aromatic heterocycles. The van der Waals surface area contributed by atoms with Gasteiger partial charge in [-0.15, -0.1) is 10.2 Å². The minimum atomic E-state index is -4.86. The van der Waals surface area contributed by atoms with Gasteiger partial charge in [0.2, 0.25) is 0 Å². The van der Waals surface area contributed by atoms with E-state index in [2.05, 4.69) is 37.2 Å². The largest absolute Gasteiger partial charge is 0.395 e. The fraction of sp³-hybridized carbons (Fsp3) is 0.321. The molecule has 0 radical (unpaired) electrons. The first-order valence-corrected chi connectivity index (χ1v) is 18.7. The van der Waals surface area contributed by atoms with Crippen molar-refractivity contribution >= 4 is 64.2 Å². The highest BCUT2D eigenvalue weighted by Crippen LogP contribution is 2.39. The average molecular weight is 724 g/mol. The summed E-state index contributed by atoms with van der Waals surface area (Å²) in [6.07, 6.45) is 0.585. The summed E-state index contributed by atoms with van der Waals surface area (Å²) in [5, 5.41) is 41.1. The van der Waals surface area contributed by atoms with Gasteiger partial charge in [0.1, 0.15) is 22.3 Å².